The number of nitrogens with one attached hydrogen (secondary N) is 1. The summed E-state index contributed by atoms with van der Waals surface area (Å²) in [6.45, 7) is 4.65. The fourth-order valence-electron chi connectivity index (χ4n) is 2.26. The van der Waals surface area contributed by atoms with Gasteiger partial charge in [-0.25, -0.2) is 4.39 Å². The van der Waals surface area contributed by atoms with Crippen LogP contribution in [0.1, 0.15) is 29.7 Å². The molecule has 0 amide bonds. The maximum absolute atomic E-state index is 13.6. The van der Waals surface area contributed by atoms with E-state index in [-0.39, 0.29) is 11.9 Å². The Labute approximate surface area is 128 Å². The zero-order chi connectivity index (χ0) is 14.7. The SMILES string of the molecule is CCNC(c1cc(C)cc(F)c1)c1ccc(Cl)c(Cl)c1. The van der Waals surface area contributed by atoms with Gasteiger partial charge in [-0.3, -0.25) is 0 Å². The Morgan fingerprint density at radius 1 is 1.05 bits per heavy atom. The third kappa shape index (κ3) is 3.51. The number of aryl methyl sites for hydroxylation is 1. The second-order valence-electron chi connectivity index (χ2n) is 4.73. The van der Waals surface area contributed by atoms with Crippen LogP contribution in [0.4, 0.5) is 4.39 Å². The molecule has 0 heterocycles. The van der Waals surface area contributed by atoms with Crippen LogP contribution in [0.15, 0.2) is 36.4 Å². The highest BCUT2D eigenvalue weighted by Crippen LogP contribution is 2.29. The summed E-state index contributed by atoms with van der Waals surface area (Å²) in [6.07, 6.45) is 0. The molecule has 0 aliphatic rings. The molecule has 0 spiro atoms. The van der Waals surface area contributed by atoms with Crippen LogP contribution in [0.25, 0.3) is 0 Å². The van der Waals surface area contributed by atoms with E-state index in [2.05, 4.69) is 5.32 Å². The molecule has 0 aromatic heterocycles. The fourth-order valence-corrected chi connectivity index (χ4v) is 2.56. The molecule has 1 atom stereocenters. The van der Waals surface area contributed by atoms with E-state index in [1.165, 1.54) is 6.07 Å². The van der Waals surface area contributed by atoms with Gasteiger partial charge in [0.2, 0.25) is 0 Å². The molecule has 2 aromatic rings. The van der Waals surface area contributed by atoms with Gasteiger partial charge in [0, 0.05) is 0 Å². The van der Waals surface area contributed by atoms with Crippen LogP contribution >= 0.6 is 23.2 Å². The first kappa shape index (κ1) is 15.3. The van der Waals surface area contributed by atoms with Gasteiger partial charge < -0.3 is 5.32 Å². The predicted molar refractivity (Wildman–Crippen MR) is 83.1 cm³/mol. The maximum Gasteiger partial charge on any atom is 0.123 e. The van der Waals surface area contributed by atoms with Gasteiger partial charge in [-0.15, -0.1) is 0 Å². The summed E-state index contributed by atoms with van der Waals surface area (Å²) < 4.78 is 13.6. The summed E-state index contributed by atoms with van der Waals surface area (Å²) in [5.74, 6) is -0.233. The van der Waals surface area contributed by atoms with Crippen molar-refractivity contribution in [2.75, 3.05) is 6.54 Å². The average Bonchev–Trinajstić information content (AvgIpc) is 2.38. The molecule has 4 heteroatoms. The molecule has 0 fully saturated rings. The normalized spacial score (nSPS) is 12.4. The van der Waals surface area contributed by atoms with Gasteiger partial charge in [0.25, 0.3) is 0 Å². The van der Waals surface area contributed by atoms with Crippen LogP contribution in [0.3, 0.4) is 0 Å². The molecular weight excluding hydrogens is 296 g/mol. The van der Waals surface area contributed by atoms with E-state index < -0.39 is 0 Å². The number of hydrogen-bond donors (Lipinski definition) is 1. The summed E-state index contributed by atoms with van der Waals surface area (Å²) in [7, 11) is 0. The zero-order valence-corrected chi connectivity index (χ0v) is 12.9. The molecule has 1 nitrogen and oxygen atoms in total. The van der Waals surface area contributed by atoms with E-state index >= 15 is 0 Å². The zero-order valence-electron chi connectivity index (χ0n) is 11.4. The Kier molecular flexibility index (Phi) is 5.03. The van der Waals surface area contributed by atoms with Crippen LogP contribution in [0, 0.1) is 12.7 Å². The van der Waals surface area contributed by atoms with Crippen molar-refractivity contribution in [3.05, 3.63) is 69.0 Å². The molecule has 1 N–H and O–H groups in total. The average molecular weight is 312 g/mol. The topological polar surface area (TPSA) is 12.0 Å². The Hall–Kier alpha value is -1.09. The fraction of sp³-hybridized carbons (Fsp3) is 0.250. The van der Waals surface area contributed by atoms with E-state index in [4.69, 9.17) is 23.2 Å². The smallest absolute Gasteiger partial charge is 0.123 e. The van der Waals surface area contributed by atoms with E-state index in [0.29, 0.717) is 10.0 Å². The summed E-state index contributed by atoms with van der Waals surface area (Å²) in [5, 5.41) is 4.36. The lowest BCUT2D eigenvalue weighted by Gasteiger charge is -2.20. The van der Waals surface area contributed by atoms with E-state index in [9.17, 15) is 4.39 Å². The Morgan fingerprint density at radius 2 is 1.80 bits per heavy atom. The lowest BCUT2D eigenvalue weighted by molar-refractivity contribution is 0.602. The van der Waals surface area contributed by atoms with Crippen LogP contribution in [-0.2, 0) is 0 Å². The first-order valence-corrected chi connectivity index (χ1v) is 7.22. The van der Waals surface area contributed by atoms with Gasteiger partial charge in [-0.2, -0.15) is 0 Å². The molecule has 0 bridgehead atoms. The highest BCUT2D eigenvalue weighted by molar-refractivity contribution is 6.42. The molecule has 2 aromatic carbocycles. The van der Waals surface area contributed by atoms with Gasteiger partial charge in [0.1, 0.15) is 5.82 Å². The van der Waals surface area contributed by atoms with Crippen molar-refractivity contribution >= 4 is 23.2 Å². The highest BCUT2D eigenvalue weighted by atomic mass is 35.5. The molecule has 0 saturated heterocycles. The van der Waals surface area contributed by atoms with Crippen LogP contribution in [0.5, 0.6) is 0 Å². The molecule has 0 radical (unpaired) electrons. The predicted octanol–water partition coefficient (Wildman–Crippen LogP) is 5.14. The van der Waals surface area contributed by atoms with Crippen LogP contribution in [0.2, 0.25) is 10.0 Å². The summed E-state index contributed by atoms with van der Waals surface area (Å²) in [6, 6.07) is 10.4. The van der Waals surface area contributed by atoms with Crippen LogP contribution < -0.4 is 5.32 Å². The molecular formula is C16H16Cl2FN. The van der Waals surface area contributed by atoms with Crippen molar-refractivity contribution in [2.45, 2.75) is 19.9 Å². The largest absolute Gasteiger partial charge is 0.307 e. The van der Waals surface area contributed by atoms with Gasteiger partial charge in [0.15, 0.2) is 0 Å². The van der Waals surface area contributed by atoms with Gasteiger partial charge in [-0.05, 0) is 54.4 Å². The van der Waals surface area contributed by atoms with E-state index in [0.717, 1.165) is 23.2 Å². The number of benzene rings is 2. The number of halogens is 3. The van der Waals surface area contributed by atoms with E-state index in [1.807, 2.05) is 32.0 Å². The van der Waals surface area contributed by atoms with Crippen molar-refractivity contribution in [3.8, 4) is 0 Å². The van der Waals surface area contributed by atoms with Gasteiger partial charge >= 0.3 is 0 Å². The third-order valence-electron chi connectivity index (χ3n) is 3.08. The number of rotatable bonds is 4. The van der Waals surface area contributed by atoms with Crippen molar-refractivity contribution in [1.82, 2.24) is 5.32 Å². The summed E-state index contributed by atoms with van der Waals surface area (Å²) in [5.41, 5.74) is 2.73. The Bertz CT molecular complexity index is 593. The molecule has 20 heavy (non-hydrogen) atoms. The van der Waals surface area contributed by atoms with Crippen molar-refractivity contribution in [3.63, 3.8) is 0 Å². The minimum atomic E-state index is -0.233. The summed E-state index contributed by atoms with van der Waals surface area (Å²) >= 11 is 12.0. The lowest BCUT2D eigenvalue weighted by atomic mass is 9.97. The minimum absolute atomic E-state index is 0.107. The van der Waals surface area contributed by atoms with Crippen molar-refractivity contribution < 1.29 is 4.39 Å². The first-order chi connectivity index (χ1) is 9.51. The second kappa shape index (κ2) is 6.57. The molecule has 0 aliphatic carbocycles. The molecule has 0 aliphatic heterocycles. The quantitative estimate of drug-likeness (QED) is 0.824. The molecule has 2 rings (SSSR count). The minimum Gasteiger partial charge on any atom is -0.307 e. The second-order valence-corrected chi connectivity index (χ2v) is 5.54. The van der Waals surface area contributed by atoms with Gasteiger partial charge in [-0.1, -0.05) is 42.3 Å². The van der Waals surface area contributed by atoms with Gasteiger partial charge in [0.05, 0.1) is 16.1 Å². The van der Waals surface area contributed by atoms with Crippen molar-refractivity contribution in [2.24, 2.45) is 0 Å². The summed E-state index contributed by atoms with van der Waals surface area (Å²) in [4.78, 5) is 0. The highest BCUT2D eigenvalue weighted by Gasteiger charge is 2.15. The maximum atomic E-state index is 13.6. The molecule has 106 valence electrons. The Morgan fingerprint density at radius 3 is 2.40 bits per heavy atom. The molecule has 0 saturated carbocycles. The van der Waals surface area contributed by atoms with Crippen LogP contribution in [-0.4, -0.2) is 6.54 Å². The first-order valence-electron chi connectivity index (χ1n) is 6.46. The monoisotopic (exact) mass is 311 g/mol. The Balaban J connectivity index is 2.46. The van der Waals surface area contributed by atoms with Crippen molar-refractivity contribution in [1.29, 1.82) is 0 Å². The number of hydrogen-bond acceptors (Lipinski definition) is 1. The third-order valence-corrected chi connectivity index (χ3v) is 3.82. The standard InChI is InChI=1S/C16H16Cl2FN/c1-3-20-16(11-4-5-14(17)15(18)9-11)12-6-10(2)7-13(19)8-12/h4-9,16,20H,3H2,1-2H3. The van der Waals surface area contributed by atoms with E-state index in [1.54, 1.807) is 12.1 Å². The molecule has 1 unspecified atom stereocenters. The lowest BCUT2D eigenvalue weighted by Crippen LogP contribution is -2.22.